The summed E-state index contributed by atoms with van der Waals surface area (Å²) in [4.78, 5) is 13.4. The van der Waals surface area contributed by atoms with E-state index in [-0.39, 0.29) is 6.54 Å². The van der Waals surface area contributed by atoms with E-state index >= 15 is 0 Å². The Morgan fingerprint density at radius 2 is 1.86 bits per heavy atom. The molecule has 0 heterocycles. The molecular formula is C18H25NO2. The quantitative estimate of drug-likeness (QED) is 0.894. The molecule has 0 radical (unpaired) electrons. The standard InChI is InChI=1S/C18H25NO2/c1-13-5-9-16(10-6-13)19(12-18(20)21)17-4-2-3-15(11-17)14-7-8-14/h5-6,9-10,14-15,17H,2-4,7-8,11-12H2,1H3,(H,20,21). The second kappa shape index (κ2) is 6.08. The summed E-state index contributed by atoms with van der Waals surface area (Å²) in [7, 11) is 0. The molecule has 0 bridgehead atoms. The minimum atomic E-state index is -0.732. The van der Waals surface area contributed by atoms with Gasteiger partial charge in [0, 0.05) is 11.7 Å². The second-order valence-corrected chi connectivity index (χ2v) is 6.78. The zero-order valence-corrected chi connectivity index (χ0v) is 12.8. The van der Waals surface area contributed by atoms with Gasteiger partial charge in [-0.15, -0.1) is 0 Å². The third-order valence-electron chi connectivity index (χ3n) is 5.09. The molecule has 1 N–H and O–H groups in total. The van der Waals surface area contributed by atoms with Crippen LogP contribution in [0.4, 0.5) is 5.69 Å². The number of aliphatic carboxylic acids is 1. The molecule has 1 aromatic rings. The van der Waals surface area contributed by atoms with Crippen molar-refractivity contribution in [1.29, 1.82) is 0 Å². The minimum Gasteiger partial charge on any atom is -0.480 e. The number of benzene rings is 1. The number of carboxylic acid groups (broad SMARTS) is 1. The molecule has 0 amide bonds. The SMILES string of the molecule is Cc1ccc(N(CC(=O)O)C2CCCC(C3CC3)C2)cc1. The molecule has 3 nitrogen and oxygen atoms in total. The number of anilines is 1. The fraction of sp³-hybridized carbons (Fsp3) is 0.611. The maximum atomic E-state index is 11.3. The van der Waals surface area contributed by atoms with Crippen LogP contribution in [0.5, 0.6) is 0 Å². The van der Waals surface area contributed by atoms with Crippen molar-refractivity contribution in [3.05, 3.63) is 29.8 Å². The predicted molar refractivity (Wildman–Crippen MR) is 84.6 cm³/mol. The van der Waals surface area contributed by atoms with Crippen molar-refractivity contribution in [2.75, 3.05) is 11.4 Å². The zero-order valence-electron chi connectivity index (χ0n) is 12.8. The first-order chi connectivity index (χ1) is 10.1. The molecule has 0 saturated heterocycles. The Hall–Kier alpha value is -1.51. The molecule has 2 unspecified atom stereocenters. The summed E-state index contributed by atoms with van der Waals surface area (Å²) < 4.78 is 0. The summed E-state index contributed by atoms with van der Waals surface area (Å²) in [5.41, 5.74) is 2.28. The van der Waals surface area contributed by atoms with Crippen molar-refractivity contribution in [2.24, 2.45) is 11.8 Å². The lowest BCUT2D eigenvalue weighted by Crippen LogP contribution is -2.42. The Kier molecular flexibility index (Phi) is 4.18. The van der Waals surface area contributed by atoms with Gasteiger partial charge in [0.25, 0.3) is 0 Å². The summed E-state index contributed by atoms with van der Waals surface area (Å²) >= 11 is 0. The second-order valence-electron chi connectivity index (χ2n) is 6.78. The van der Waals surface area contributed by atoms with Crippen molar-refractivity contribution < 1.29 is 9.90 Å². The van der Waals surface area contributed by atoms with Crippen LogP contribution in [0, 0.1) is 18.8 Å². The number of carboxylic acids is 1. The van der Waals surface area contributed by atoms with Gasteiger partial charge in [0.2, 0.25) is 0 Å². The molecule has 3 rings (SSSR count). The summed E-state index contributed by atoms with van der Waals surface area (Å²) in [6, 6.07) is 8.68. The highest BCUT2D eigenvalue weighted by molar-refractivity contribution is 5.74. The molecule has 0 spiro atoms. The number of carbonyl (C=O) groups is 1. The van der Waals surface area contributed by atoms with E-state index in [4.69, 9.17) is 0 Å². The van der Waals surface area contributed by atoms with Gasteiger partial charge >= 0.3 is 5.97 Å². The van der Waals surface area contributed by atoms with Gasteiger partial charge in [-0.25, -0.2) is 0 Å². The third kappa shape index (κ3) is 3.58. The smallest absolute Gasteiger partial charge is 0.323 e. The molecule has 3 heteroatoms. The van der Waals surface area contributed by atoms with Gasteiger partial charge in [-0.1, -0.05) is 30.5 Å². The molecule has 1 aromatic carbocycles. The average molecular weight is 287 g/mol. The van der Waals surface area contributed by atoms with E-state index in [0.717, 1.165) is 23.9 Å². The molecule has 2 saturated carbocycles. The monoisotopic (exact) mass is 287 g/mol. The van der Waals surface area contributed by atoms with Crippen LogP contribution in [0.2, 0.25) is 0 Å². The van der Waals surface area contributed by atoms with Gasteiger partial charge in [0.05, 0.1) is 0 Å². The van der Waals surface area contributed by atoms with Crippen LogP contribution in [0.15, 0.2) is 24.3 Å². The Balaban J connectivity index is 1.77. The Morgan fingerprint density at radius 1 is 1.14 bits per heavy atom. The van der Waals surface area contributed by atoms with Crippen molar-refractivity contribution >= 4 is 11.7 Å². The average Bonchev–Trinajstić information content (AvgIpc) is 3.30. The van der Waals surface area contributed by atoms with E-state index in [1.54, 1.807) is 0 Å². The maximum absolute atomic E-state index is 11.3. The highest BCUT2D eigenvalue weighted by Crippen LogP contribution is 2.45. The van der Waals surface area contributed by atoms with E-state index in [2.05, 4.69) is 36.1 Å². The molecule has 2 atom stereocenters. The molecule has 114 valence electrons. The molecular weight excluding hydrogens is 262 g/mol. The minimum absolute atomic E-state index is 0.116. The van der Waals surface area contributed by atoms with Crippen LogP contribution in [0.25, 0.3) is 0 Å². The van der Waals surface area contributed by atoms with Crippen molar-refractivity contribution in [3.63, 3.8) is 0 Å². The number of hydrogen-bond acceptors (Lipinski definition) is 2. The number of rotatable bonds is 5. The van der Waals surface area contributed by atoms with Crippen LogP contribution in [-0.2, 0) is 4.79 Å². The van der Waals surface area contributed by atoms with E-state index in [1.165, 1.54) is 37.7 Å². The lowest BCUT2D eigenvalue weighted by Gasteiger charge is -2.38. The zero-order chi connectivity index (χ0) is 14.8. The van der Waals surface area contributed by atoms with Crippen LogP contribution in [0.3, 0.4) is 0 Å². The predicted octanol–water partition coefficient (Wildman–Crippen LogP) is 3.85. The van der Waals surface area contributed by atoms with Crippen molar-refractivity contribution in [1.82, 2.24) is 0 Å². The third-order valence-corrected chi connectivity index (χ3v) is 5.09. The highest BCUT2D eigenvalue weighted by atomic mass is 16.4. The summed E-state index contributed by atoms with van der Waals surface area (Å²) in [5.74, 6) is 1.02. The summed E-state index contributed by atoms with van der Waals surface area (Å²) in [6.07, 6.45) is 7.67. The Labute approximate surface area is 127 Å². The van der Waals surface area contributed by atoms with Crippen LogP contribution >= 0.6 is 0 Å². The molecule has 2 aliphatic rings. The van der Waals surface area contributed by atoms with Crippen LogP contribution in [0.1, 0.15) is 44.1 Å². The number of nitrogens with zero attached hydrogens (tertiary/aromatic N) is 1. The first-order valence-electron chi connectivity index (χ1n) is 8.18. The van der Waals surface area contributed by atoms with Crippen LogP contribution < -0.4 is 4.90 Å². The summed E-state index contributed by atoms with van der Waals surface area (Å²) in [6.45, 7) is 2.18. The molecule has 0 aliphatic heterocycles. The van der Waals surface area contributed by atoms with E-state index < -0.39 is 5.97 Å². The number of aryl methyl sites for hydroxylation is 1. The lowest BCUT2D eigenvalue weighted by molar-refractivity contribution is -0.135. The Bertz CT molecular complexity index is 492. The molecule has 2 aliphatic carbocycles. The maximum Gasteiger partial charge on any atom is 0.323 e. The Morgan fingerprint density at radius 3 is 2.48 bits per heavy atom. The van der Waals surface area contributed by atoms with E-state index in [9.17, 15) is 9.90 Å². The number of hydrogen-bond donors (Lipinski definition) is 1. The molecule has 21 heavy (non-hydrogen) atoms. The van der Waals surface area contributed by atoms with E-state index in [0.29, 0.717) is 6.04 Å². The first-order valence-corrected chi connectivity index (χ1v) is 8.18. The topological polar surface area (TPSA) is 40.5 Å². The lowest BCUT2D eigenvalue weighted by atomic mass is 9.82. The van der Waals surface area contributed by atoms with Gasteiger partial charge in [0.15, 0.2) is 0 Å². The highest BCUT2D eigenvalue weighted by Gasteiger charge is 2.36. The fourth-order valence-corrected chi connectivity index (χ4v) is 3.79. The molecule has 2 fully saturated rings. The molecule has 0 aromatic heterocycles. The normalized spacial score (nSPS) is 25.6. The van der Waals surface area contributed by atoms with Gasteiger partial charge in [0.1, 0.15) is 6.54 Å². The van der Waals surface area contributed by atoms with Gasteiger partial charge < -0.3 is 10.0 Å². The van der Waals surface area contributed by atoms with Gasteiger partial charge in [-0.05, 0) is 56.6 Å². The van der Waals surface area contributed by atoms with Gasteiger partial charge in [-0.2, -0.15) is 0 Å². The van der Waals surface area contributed by atoms with Crippen LogP contribution in [-0.4, -0.2) is 23.7 Å². The van der Waals surface area contributed by atoms with Gasteiger partial charge in [-0.3, -0.25) is 4.79 Å². The van der Waals surface area contributed by atoms with Crippen molar-refractivity contribution in [3.8, 4) is 0 Å². The van der Waals surface area contributed by atoms with Crippen molar-refractivity contribution in [2.45, 2.75) is 51.5 Å². The van der Waals surface area contributed by atoms with E-state index in [1.807, 2.05) is 0 Å². The fourth-order valence-electron chi connectivity index (χ4n) is 3.79. The largest absolute Gasteiger partial charge is 0.480 e. The first kappa shape index (κ1) is 14.4. The summed E-state index contributed by atoms with van der Waals surface area (Å²) in [5, 5.41) is 9.28.